The lowest BCUT2D eigenvalue weighted by Gasteiger charge is -2.07. The van der Waals surface area contributed by atoms with Crippen molar-refractivity contribution in [3.63, 3.8) is 0 Å². The normalized spacial score (nSPS) is 11.1. The van der Waals surface area contributed by atoms with E-state index in [2.05, 4.69) is 9.97 Å². The van der Waals surface area contributed by atoms with Gasteiger partial charge in [-0.25, -0.2) is 9.37 Å². The Morgan fingerprint density at radius 1 is 1.20 bits per heavy atom. The van der Waals surface area contributed by atoms with Gasteiger partial charge < -0.3 is 4.98 Å². The molecular formula is C19H14FN3OS. The van der Waals surface area contributed by atoms with Gasteiger partial charge in [0.2, 0.25) is 0 Å². The molecule has 6 heteroatoms. The molecule has 4 aromatic rings. The number of rotatable bonds is 5. The molecule has 0 aliphatic rings. The number of nitrogens with zero attached hydrogens (tertiary/aromatic N) is 2. The van der Waals surface area contributed by atoms with E-state index in [0.29, 0.717) is 16.4 Å². The molecule has 0 radical (unpaired) electrons. The minimum absolute atomic E-state index is 0.0243. The Morgan fingerprint density at radius 2 is 2.08 bits per heavy atom. The molecule has 2 heterocycles. The van der Waals surface area contributed by atoms with Crippen LogP contribution in [-0.2, 0) is 0 Å². The van der Waals surface area contributed by atoms with E-state index in [1.807, 2.05) is 24.3 Å². The first-order chi connectivity index (χ1) is 12.2. The maximum Gasteiger partial charge on any atom is 0.175 e. The van der Waals surface area contributed by atoms with Crippen LogP contribution in [0, 0.1) is 5.82 Å². The van der Waals surface area contributed by atoms with Crippen LogP contribution in [0.2, 0.25) is 0 Å². The van der Waals surface area contributed by atoms with E-state index in [4.69, 9.17) is 0 Å². The Bertz CT molecular complexity index is 1050. The van der Waals surface area contributed by atoms with Crippen molar-refractivity contribution < 1.29 is 9.18 Å². The molecule has 1 N–H and O–H groups in total. The molecule has 0 fully saturated rings. The first-order valence-corrected chi connectivity index (χ1v) is 8.72. The summed E-state index contributed by atoms with van der Waals surface area (Å²) in [4.78, 5) is 20.0. The van der Waals surface area contributed by atoms with Gasteiger partial charge in [0.1, 0.15) is 5.82 Å². The van der Waals surface area contributed by atoms with Crippen molar-refractivity contribution in [1.29, 1.82) is 0 Å². The van der Waals surface area contributed by atoms with Crippen LogP contribution in [0.25, 0.3) is 16.6 Å². The predicted molar refractivity (Wildman–Crippen MR) is 96.9 cm³/mol. The molecule has 0 saturated carbocycles. The van der Waals surface area contributed by atoms with Gasteiger partial charge in [-0.3, -0.25) is 9.36 Å². The number of para-hydroxylation sites is 1. The number of benzene rings is 2. The Balaban J connectivity index is 1.54. The molecule has 124 valence electrons. The molecule has 0 aliphatic heterocycles. The lowest BCUT2D eigenvalue weighted by Crippen LogP contribution is -2.03. The molecule has 0 aliphatic carbocycles. The Labute approximate surface area is 147 Å². The van der Waals surface area contributed by atoms with E-state index >= 15 is 0 Å². The quantitative estimate of drug-likeness (QED) is 0.426. The number of H-pyrrole nitrogens is 1. The summed E-state index contributed by atoms with van der Waals surface area (Å²) >= 11 is 1.34. The fourth-order valence-electron chi connectivity index (χ4n) is 2.73. The zero-order valence-electron chi connectivity index (χ0n) is 13.1. The van der Waals surface area contributed by atoms with E-state index in [1.165, 1.54) is 23.9 Å². The van der Waals surface area contributed by atoms with E-state index < -0.39 is 0 Å². The molecule has 0 amide bonds. The van der Waals surface area contributed by atoms with Gasteiger partial charge in [0.05, 0.1) is 11.4 Å². The van der Waals surface area contributed by atoms with Gasteiger partial charge in [0.15, 0.2) is 10.9 Å². The van der Waals surface area contributed by atoms with Gasteiger partial charge in [-0.2, -0.15) is 0 Å². The second kappa shape index (κ2) is 6.57. The number of aromatic nitrogens is 3. The van der Waals surface area contributed by atoms with Gasteiger partial charge >= 0.3 is 0 Å². The Kier molecular flexibility index (Phi) is 4.11. The van der Waals surface area contributed by atoms with Crippen LogP contribution in [-0.4, -0.2) is 26.1 Å². The minimum Gasteiger partial charge on any atom is -0.360 e. The summed E-state index contributed by atoms with van der Waals surface area (Å²) in [6, 6.07) is 14.0. The largest absolute Gasteiger partial charge is 0.360 e. The first-order valence-electron chi connectivity index (χ1n) is 7.74. The highest BCUT2D eigenvalue weighted by molar-refractivity contribution is 7.99. The van der Waals surface area contributed by atoms with Crippen molar-refractivity contribution in [3.05, 3.63) is 78.5 Å². The van der Waals surface area contributed by atoms with Crippen LogP contribution in [0.1, 0.15) is 10.4 Å². The maximum absolute atomic E-state index is 13.4. The third kappa shape index (κ3) is 3.08. The number of fused-ring (bicyclic) bond motifs is 1. The number of carbonyl (C=O) groups is 1. The molecular weight excluding hydrogens is 337 g/mol. The number of Topliss-reactive ketones (excluding diaryl/α,β-unsaturated/α-hetero) is 1. The smallest absolute Gasteiger partial charge is 0.175 e. The maximum atomic E-state index is 13.4. The summed E-state index contributed by atoms with van der Waals surface area (Å²) in [5, 5.41) is 1.57. The summed E-state index contributed by atoms with van der Waals surface area (Å²) in [7, 11) is 0. The fourth-order valence-corrected chi connectivity index (χ4v) is 3.59. The minimum atomic E-state index is -0.308. The number of thioether (sulfide) groups is 1. The van der Waals surface area contributed by atoms with Gasteiger partial charge in [-0.1, -0.05) is 36.0 Å². The number of halogens is 1. The van der Waals surface area contributed by atoms with Crippen LogP contribution >= 0.6 is 11.8 Å². The first kappa shape index (κ1) is 15.7. The van der Waals surface area contributed by atoms with Gasteiger partial charge in [0, 0.05) is 35.1 Å². The van der Waals surface area contributed by atoms with E-state index in [-0.39, 0.29) is 17.4 Å². The number of ketones is 1. The standard InChI is InChI=1S/C19H14FN3OS/c20-13-4-3-5-14(10-13)23-9-8-21-19(23)25-12-18(24)16-11-22-17-7-2-1-6-15(16)17/h1-11,22H,12H2. The molecule has 0 atom stereocenters. The molecule has 2 aromatic heterocycles. The number of aromatic amines is 1. The molecule has 4 rings (SSSR count). The lowest BCUT2D eigenvalue weighted by atomic mass is 10.1. The van der Waals surface area contributed by atoms with Crippen molar-refractivity contribution in [2.45, 2.75) is 5.16 Å². The molecule has 0 spiro atoms. The zero-order valence-corrected chi connectivity index (χ0v) is 14.0. The number of carbonyl (C=O) groups excluding carboxylic acids is 1. The van der Waals surface area contributed by atoms with Gasteiger partial charge in [0.25, 0.3) is 0 Å². The number of hydrogen-bond donors (Lipinski definition) is 1. The molecule has 0 unspecified atom stereocenters. The molecule has 25 heavy (non-hydrogen) atoms. The van der Waals surface area contributed by atoms with Crippen LogP contribution in [0.3, 0.4) is 0 Å². The SMILES string of the molecule is O=C(CSc1nccn1-c1cccc(F)c1)c1c[nH]c2ccccc12. The Morgan fingerprint density at radius 3 is 2.96 bits per heavy atom. The molecule has 4 nitrogen and oxygen atoms in total. The van der Waals surface area contributed by atoms with Crippen molar-refractivity contribution in [2.75, 3.05) is 5.75 Å². The zero-order chi connectivity index (χ0) is 17.2. The van der Waals surface area contributed by atoms with Crippen LogP contribution < -0.4 is 0 Å². The van der Waals surface area contributed by atoms with Crippen molar-refractivity contribution in [2.24, 2.45) is 0 Å². The van der Waals surface area contributed by atoms with Crippen LogP contribution in [0.4, 0.5) is 4.39 Å². The highest BCUT2D eigenvalue weighted by Crippen LogP contribution is 2.24. The monoisotopic (exact) mass is 351 g/mol. The highest BCUT2D eigenvalue weighted by atomic mass is 32.2. The summed E-state index contributed by atoms with van der Waals surface area (Å²) in [5.74, 6) is -0.0259. The van der Waals surface area contributed by atoms with Gasteiger partial charge in [-0.15, -0.1) is 0 Å². The van der Waals surface area contributed by atoms with E-state index in [9.17, 15) is 9.18 Å². The Hall–Kier alpha value is -2.86. The van der Waals surface area contributed by atoms with Crippen molar-refractivity contribution >= 4 is 28.4 Å². The highest BCUT2D eigenvalue weighted by Gasteiger charge is 2.14. The molecule has 0 saturated heterocycles. The third-order valence-corrected chi connectivity index (χ3v) is 4.88. The summed E-state index contributed by atoms with van der Waals surface area (Å²) in [5.41, 5.74) is 2.30. The topological polar surface area (TPSA) is 50.7 Å². The average molecular weight is 351 g/mol. The van der Waals surface area contributed by atoms with E-state index in [0.717, 1.165) is 10.9 Å². The number of nitrogens with one attached hydrogen (secondary N) is 1. The average Bonchev–Trinajstić information content (AvgIpc) is 3.26. The van der Waals surface area contributed by atoms with Gasteiger partial charge in [-0.05, 0) is 24.3 Å². The summed E-state index contributed by atoms with van der Waals surface area (Å²) in [6.07, 6.45) is 5.14. The predicted octanol–water partition coefficient (Wildman–Crippen LogP) is 4.47. The van der Waals surface area contributed by atoms with Crippen molar-refractivity contribution in [1.82, 2.24) is 14.5 Å². The van der Waals surface area contributed by atoms with Crippen LogP contribution in [0.15, 0.2) is 72.3 Å². The number of imidazole rings is 1. The molecule has 0 bridgehead atoms. The molecule has 2 aromatic carbocycles. The summed E-state index contributed by atoms with van der Waals surface area (Å²) < 4.78 is 15.2. The number of hydrogen-bond acceptors (Lipinski definition) is 3. The lowest BCUT2D eigenvalue weighted by molar-refractivity contribution is 0.102. The summed E-state index contributed by atoms with van der Waals surface area (Å²) in [6.45, 7) is 0. The fraction of sp³-hybridized carbons (Fsp3) is 0.0526. The second-order valence-electron chi connectivity index (χ2n) is 5.52. The van der Waals surface area contributed by atoms with Crippen LogP contribution in [0.5, 0.6) is 0 Å². The van der Waals surface area contributed by atoms with E-state index in [1.54, 1.807) is 35.3 Å². The third-order valence-electron chi connectivity index (χ3n) is 3.92. The second-order valence-corrected chi connectivity index (χ2v) is 6.46. The van der Waals surface area contributed by atoms with Crippen molar-refractivity contribution in [3.8, 4) is 5.69 Å².